The molecular formula is C16H16F2N2S. The molecule has 5 heteroatoms. The lowest BCUT2D eigenvalue weighted by Gasteiger charge is -2.21. The number of rotatable bonds is 4. The van der Waals surface area contributed by atoms with Gasteiger partial charge in [-0.1, -0.05) is 42.0 Å². The molecule has 0 radical (unpaired) electrons. The minimum atomic E-state index is -0.673. The van der Waals surface area contributed by atoms with Gasteiger partial charge in [0.25, 0.3) is 0 Å². The van der Waals surface area contributed by atoms with E-state index in [1.807, 2.05) is 31.2 Å². The Hall–Kier alpha value is -2.01. The van der Waals surface area contributed by atoms with E-state index in [2.05, 4.69) is 0 Å². The molecule has 0 aliphatic rings. The predicted octanol–water partition coefficient (Wildman–Crippen LogP) is 3.54. The second kappa shape index (κ2) is 6.18. The maximum absolute atomic E-state index is 14.1. The van der Waals surface area contributed by atoms with E-state index in [-0.39, 0.29) is 16.2 Å². The largest absolute Gasteiger partial charge is 0.389 e. The topological polar surface area (TPSA) is 29.3 Å². The van der Waals surface area contributed by atoms with E-state index in [0.29, 0.717) is 6.54 Å². The zero-order valence-corrected chi connectivity index (χ0v) is 12.7. The Bertz CT molecular complexity index is 663. The number of hydrogen-bond acceptors (Lipinski definition) is 2. The lowest BCUT2D eigenvalue weighted by molar-refractivity contribution is 0.576. The molecule has 0 aliphatic heterocycles. The van der Waals surface area contributed by atoms with Gasteiger partial charge in [-0.05, 0) is 24.6 Å². The van der Waals surface area contributed by atoms with Gasteiger partial charge in [-0.3, -0.25) is 0 Å². The molecule has 0 bridgehead atoms. The fourth-order valence-electron chi connectivity index (χ4n) is 2.24. The van der Waals surface area contributed by atoms with Crippen molar-refractivity contribution in [3.05, 3.63) is 64.7 Å². The zero-order chi connectivity index (χ0) is 15.6. The highest BCUT2D eigenvalue weighted by Crippen LogP contribution is 2.25. The van der Waals surface area contributed by atoms with Crippen LogP contribution in [0, 0.1) is 18.6 Å². The van der Waals surface area contributed by atoms with Crippen LogP contribution in [0.4, 0.5) is 14.5 Å². The number of anilines is 1. The first-order valence-corrected chi connectivity index (χ1v) is 6.85. The number of halogens is 2. The standard InChI is InChI=1S/C16H16F2N2S/c1-10-4-3-5-11(6-10)9-20(2)15-13(17)7-12(16(19)21)8-14(15)18/h3-8H,9H2,1-2H3,(H2,19,21). The van der Waals surface area contributed by atoms with E-state index in [1.165, 1.54) is 4.90 Å². The molecule has 0 aromatic heterocycles. The Morgan fingerprint density at radius 1 is 1.19 bits per heavy atom. The van der Waals surface area contributed by atoms with Gasteiger partial charge < -0.3 is 10.6 Å². The summed E-state index contributed by atoms with van der Waals surface area (Å²) < 4.78 is 28.2. The summed E-state index contributed by atoms with van der Waals surface area (Å²) in [4.78, 5) is 1.50. The first-order valence-electron chi connectivity index (χ1n) is 6.44. The second-order valence-electron chi connectivity index (χ2n) is 5.00. The van der Waals surface area contributed by atoms with E-state index in [1.54, 1.807) is 7.05 Å². The van der Waals surface area contributed by atoms with Gasteiger partial charge in [-0.2, -0.15) is 0 Å². The van der Waals surface area contributed by atoms with Gasteiger partial charge in [0, 0.05) is 19.2 Å². The lowest BCUT2D eigenvalue weighted by Crippen LogP contribution is -2.20. The number of aryl methyl sites for hydroxylation is 1. The molecule has 2 N–H and O–H groups in total. The van der Waals surface area contributed by atoms with Crippen molar-refractivity contribution in [1.82, 2.24) is 0 Å². The molecule has 21 heavy (non-hydrogen) atoms. The van der Waals surface area contributed by atoms with Crippen molar-refractivity contribution in [2.75, 3.05) is 11.9 Å². The third-order valence-electron chi connectivity index (χ3n) is 3.19. The van der Waals surface area contributed by atoms with Crippen LogP contribution < -0.4 is 10.6 Å². The molecule has 0 saturated heterocycles. The van der Waals surface area contributed by atoms with Gasteiger partial charge in [-0.25, -0.2) is 8.78 Å². The third kappa shape index (κ3) is 3.55. The van der Waals surface area contributed by atoms with Crippen molar-refractivity contribution < 1.29 is 8.78 Å². The fraction of sp³-hybridized carbons (Fsp3) is 0.188. The number of benzene rings is 2. The number of nitrogens with two attached hydrogens (primary N) is 1. The Labute approximate surface area is 128 Å². The fourth-order valence-corrected chi connectivity index (χ4v) is 2.35. The van der Waals surface area contributed by atoms with E-state index in [4.69, 9.17) is 18.0 Å². The smallest absolute Gasteiger partial charge is 0.150 e. The van der Waals surface area contributed by atoms with Crippen LogP contribution in [0.3, 0.4) is 0 Å². The van der Waals surface area contributed by atoms with Crippen LogP contribution >= 0.6 is 12.2 Å². The zero-order valence-electron chi connectivity index (χ0n) is 11.9. The Morgan fingerprint density at radius 2 is 1.81 bits per heavy atom. The first-order chi connectivity index (χ1) is 9.88. The molecule has 2 aromatic rings. The summed E-state index contributed by atoms with van der Waals surface area (Å²) in [6, 6.07) is 10.1. The van der Waals surface area contributed by atoms with Crippen molar-refractivity contribution in [3.63, 3.8) is 0 Å². The minimum Gasteiger partial charge on any atom is -0.389 e. The van der Waals surface area contributed by atoms with Gasteiger partial charge in [0.1, 0.15) is 22.3 Å². The first kappa shape index (κ1) is 15.4. The molecule has 0 aliphatic carbocycles. The van der Waals surface area contributed by atoms with Crippen LogP contribution in [0.15, 0.2) is 36.4 Å². The quantitative estimate of drug-likeness (QED) is 0.876. The lowest BCUT2D eigenvalue weighted by atomic mass is 10.1. The number of hydrogen-bond donors (Lipinski definition) is 1. The molecule has 0 unspecified atom stereocenters. The molecule has 0 heterocycles. The van der Waals surface area contributed by atoms with E-state index in [0.717, 1.165) is 23.3 Å². The van der Waals surface area contributed by atoms with Crippen molar-refractivity contribution in [2.45, 2.75) is 13.5 Å². The van der Waals surface area contributed by atoms with Crippen LogP contribution in [0.25, 0.3) is 0 Å². The molecular weight excluding hydrogens is 290 g/mol. The van der Waals surface area contributed by atoms with Crippen LogP contribution in [-0.4, -0.2) is 12.0 Å². The van der Waals surface area contributed by atoms with E-state index < -0.39 is 11.6 Å². The van der Waals surface area contributed by atoms with Gasteiger partial charge >= 0.3 is 0 Å². The number of nitrogens with zero attached hydrogens (tertiary/aromatic N) is 1. The summed E-state index contributed by atoms with van der Waals surface area (Å²) in [6.45, 7) is 2.38. The molecule has 2 rings (SSSR count). The number of thiocarbonyl (C=S) groups is 1. The average molecular weight is 306 g/mol. The van der Waals surface area contributed by atoms with Gasteiger partial charge in [0.15, 0.2) is 0 Å². The summed E-state index contributed by atoms with van der Waals surface area (Å²) in [5.74, 6) is -1.35. The Kier molecular flexibility index (Phi) is 4.53. The SMILES string of the molecule is Cc1cccc(CN(C)c2c(F)cc(C(N)=S)cc2F)c1. The summed E-state index contributed by atoms with van der Waals surface area (Å²) in [5.41, 5.74) is 7.59. The summed E-state index contributed by atoms with van der Waals surface area (Å²) in [6.07, 6.45) is 0. The molecule has 0 saturated carbocycles. The normalized spacial score (nSPS) is 10.5. The van der Waals surface area contributed by atoms with Crippen molar-refractivity contribution in [1.29, 1.82) is 0 Å². The van der Waals surface area contributed by atoms with Gasteiger partial charge in [0.2, 0.25) is 0 Å². The van der Waals surface area contributed by atoms with Crippen LogP contribution in [0.5, 0.6) is 0 Å². The molecule has 110 valence electrons. The monoisotopic (exact) mass is 306 g/mol. The summed E-state index contributed by atoms with van der Waals surface area (Å²) >= 11 is 4.74. The van der Waals surface area contributed by atoms with E-state index in [9.17, 15) is 8.78 Å². The van der Waals surface area contributed by atoms with Crippen molar-refractivity contribution in [3.8, 4) is 0 Å². The molecule has 2 aromatic carbocycles. The van der Waals surface area contributed by atoms with Gasteiger partial charge in [0.05, 0.1) is 0 Å². The Balaban J connectivity index is 2.31. The summed E-state index contributed by atoms with van der Waals surface area (Å²) in [7, 11) is 1.64. The molecule has 0 fully saturated rings. The maximum Gasteiger partial charge on any atom is 0.150 e. The molecule has 0 atom stereocenters. The highest BCUT2D eigenvalue weighted by atomic mass is 32.1. The Morgan fingerprint density at radius 3 is 2.33 bits per heavy atom. The van der Waals surface area contributed by atoms with Crippen molar-refractivity contribution >= 4 is 22.9 Å². The second-order valence-corrected chi connectivity index (χ2v) is 5.44. The molecule has 0 spiro atoms. The van der Waals surface area contributed by atoms with Crippen LogP contribution in [0.2, 0.25) is 0 Å². The predicted molar refractivity (Wildman–Crippen MR) is 85.5 cm³/mol. The maximum atomic E-state index is 14.1. The molecule has 2 nitrogen and oxygen atoms in total. The highest BCUT2D eigenvalue weighted by molar-refractivity contribution is 7.80. The third-order valence-corrected chi connectivity index (χ3v) is 3.42. The van der Waals surface area contributed by atoms with E-state index >= 15 is 0 Å². The molecule has 0 amide bonds. The highest BCUT2D eigenvalue weighted by Gasteiger charge is 2.16. The summed E-state index contributed by atoms with van der Waals surface area (Å²) in [5, 5.41) is 0. The van der Waals surface area contributed by atoms with Crippen LogP contribution in [-0.2, 0) is 6.54 Å². The van der Waals surface area contributed by atoms with Gasteiger partial charge in [-0.15, -0.1) is 0 Å². The van der Waals surface area contributed by atoms with Crippen LogP contribution in [0.1, 0.15) is 16.7 Å². The average Bonchev–Trinajstić information content (AvgIpc) is 2.37. The minimum absolute atomic E-state index is 0.0271. The van der Waals surface area contributed by atoms with Crippen molar-refractivity contribution in [2.24, 2.45) is 5.73 Å².